The van der Waals surface area contributed by atoms with Crippen LogP contribution in [-0.2, 0) is 11.2 Å². The maximum atomic E-state index is 12.4. The highest BCUT2D eigenvalue weighted by Gasteiger charge is 2.54. The summed E-state index contributed by atoms with van der Waals surface area (Å²) in [5.41, 5.74) is 3.57. The quantitative estimate of drug-likeness (QED) is 0.774. The largest absolute Gasteiger partial charge is 0.506 e. The van der Waals surface area contributed by atoms with Crippen LogP contribution in [0.1, 0.15) is 56.1 Å². The number of fused-ring (bicyclic) bond motifs is 5. The number of hydrogen-bond acceptors (Lipinski definition) is 3. The van der Waals surface area contributed by atoms with E-state index >= 15 is 0 Å². The summed E-state index contributed by atoms with van der Waals surface area (Å²) in [5, 5.41) is 13.3. The lowest BCUT2D eigenvalue weighted by Gasteiger charge is -2.48. The Hall–Kier alpha value is -1.51. The number of aromatic hydroxyl groups is 1. The highest BCUT2D eigenvalue weighted by Crippen LogP contribution is 2.60. The molecule has 1 aromatic rings. The standard InChI is InChI=1S/C19H25NO2/c1-19-10-9-12-11-5-7-16(21)18(20-2)14(11)4-3-13(12)15(19)6-8-17(19)22/h5,7,12-13,15,20-21H,3-4,6,8-10H2,1-2H3/t12?,13-,15?,19+/m1/s1. The Morgan fingerprint density at radius 1 is 1.23 bits per heavy atom. The first kappa shape index (κ1) is 14.1. The maximum Gasteiger partial charge on any atom is 0.139 e. The number of rotatable bonds is 1. The van der Waals surface area contributed by atoms with Gasteiger partial charge in [-0.05, 0) is 67.1 Å². The van der Waals surface area contributed by atoms with E-state index in [1.54, 1.807) is 0 Å². The average molecular weight is 299 g/mol. The van der Waals surface area contributed by atoms with Gasteiger partial charge in [0.25, 0.3) is 0 Å². The van der Waals surface area contributed by atoms with Crippen molar-refractivity contribution in [2.75, 3.05) is 12.4 Å². The molecule has 3 nitrogen and oxygen atoms in total. The van der Waals surface area contributed by atoms with E-state index in [4.69, 9.17) is 0 Å². The molecule has 22 heavy (non-hydrogen) atoms. The minimum Gasteiger partial charge on any atom is -0.506 e. The summed E-state index contributed by atoms with van der Waals surface area (Å²) in [5.74, 6) is 2.64. The number of carbonyl (C=O) groups is 1. The molecule has 0 spiro atoms. The lowest BCUT2D eigenvalue weighted by Crippen LogP contribution is -2.42. The van der Waals surface area contributed by atoms with Crippen molar-refractivity contribution in [2.24, 2.45) is 17.3 Å². The molecule has 1 aromatic carbocycles. The van der Waals surface area contributed by atoms with Gasteiger partial charge in [0.15, 0.2) is 0 Å². The molecule has 0 aliphatic heterocycles. The number of Topliss-reactive ketones (excluding diaryl/α,β-unsaturated/α-hetero) is 1. The molecule has 2 unspecified atom stereocenters. The Balaban J connectivity index is 1.75. The molecular formula is C19H25NO2. The highest BCUT2D eigenvalue weighted by molar-refractivity contribution is 5.87. The summed E-state index contributed by atoms with van der Waals surface area (Å²) in [6, 6.07) is 3.96. The van der Waals surface area contributed by atoms with Gasteiger partial charge in [0.05, 0.1) is 5.69 Å². The van der Waals surface area contributed by atoms with Crippen molar-refractivity contribution in [2.45, 2.75) is 51.4 Å². The Labute approximate surface area is 132 Å². The summed E-state index contributed by atoms with van der Waals surface area (Å²) >= 11 is 0. The molecule has 4 atom stereocenters. The number of benzene rings is 1. The summed E-state index contributed by atoms with van der Waals surface area (Å²) in [6.07, 6.45) is 6.19. The van der Waals surface area contributed by atoms with E-state index in [-0.39, 0.29) is 5.41 Å². The average Bonchev–Trinajstić information content (AvgIpc) is 2.82. The normalized spacial score (nSPS) is 36.5. The number of phenols is 1. The van der Waals surface area contributed by atoms with Crippen LogP contribution in [0.3, 0.4) is 0 Å². The lowest BCUT2D eigenvalue weighted by atomic mass is 9.55. The summed E-state index contributed by atoms with van der Waals surface area (Å²) < 4.78 is 0. The monoisotopic (exact) mass is 299 g/mol. The smallest absolute Gasteiger partial charge is 0.139 e. The van der Waals surface area contributed by atoms with Gasteiger partial charge in [-0.2, -0.15) is 0 Å². The number of nitrogens with one attached hydrogen (secondary N) is 1. The molecule has 3 aliphatic rings. The van der Waals surface area contributed by atoms with Crippen LogP contribution in [0.25, 0.3) is 0 Å². The maximum absolute atomic E-state index is 12.4. The first-order valence-electron chi connectivity index (χ1n) is 8.62. The van der Waals surface area contributed by atoms with Crippen molar-refractivity contribution in [1.82, 2.24) is 0 Å². The number of ketones is 1. The number of phenolic OH excluding ortho intramolecular Hbond substituents is 1. The van der Waals surface area contributed by atoms with Crippen LogP contribution >= 0.6 is 0 Å². The predicted molar refractivity (Wildman–Crippen MR) is 87.3 cm³/mol. The number of hydrogen-bond donors (Lipinski definition) is 2. The van der Waals surface area contributed by atoms with Gasteiger partial charge >= 0.3 is 0 Å². The van der Waals surface area contributed by atoms with Gasteiger partial charge in [0, 0.05) is 18.9 Å². The Morgan fingerprint density at radius 3 is 2.82 bits per heavy atom. The fourth-order valence-corrected chi connectivity index (χ4v) is 5.71. The molecule has 2 saturated carbocycles. The molecule has 0 radical (unpaired) electrons. The molecule has 3 heteroatoms. The van der Waals surface area contributed by atoms with Crippen LogP contribution in [-0.4, -0.2) is 17.9 Å². The van der Waals surface area contributed by atoms with Crippen LogP contribution in [0.5, 0.6) is 5.75 Å². The van der Waals surface area contributed by atoms with Crippen LogP contribution in [0, 0.1) is 17.3 Å². The first-order chi connectivity index (χ1) is 10.6. The van der Waals surface area contributed by atoms with E-state index in [9.17, 15) is 9.90 Å². The van der Waals surface area contributed by atoms with Crippen molar-refractivity contribution in [3.05, 3.63) is 23.3 Å². The SMILES string of the molecule is CNc1c(O)ccc2c1CC[C@@H]1C2CC[C@]2(C)C(=O)CCC12. The van der Waals surface area contributed by atoms with Crippen LogP contribution in [0.2, 0.25) is 0 Å². The second-order valence-corrected chi connectivity index (χ2v) is 7.61. The van der Waals surface area contributed by atoms with E-state index < -0.39 is 0 Å². The van der Waals surface area contributed by atoms with E-state index in [1.807, 2.05) is 13.1 Å². The van der Waals surface area contributed by atoms with E-state index in [1.165, 1.54) is 11.1 Å². The third-order valence-electron chi connectivity index (χ3n) is 6.85. The molecule has 4 rings (SSSR count). The summed E-state index contributed by atoms with van der Waals surface area (Å²) in [7, 11) is 1.88. The molecule has 0 aromatic heterocycles. The fourth-order valence-electron chi connectivity index (χ4n) is 5.71. The van der Waals surface area contributed by atoms with Gasteiger partial charge in [0.2, 0.25) is 0 Å². The van der Waals surface area contributed by atoms with E-state index in [0.29, 0.717) is 29.3 Å². The summed E-state index contributed by atoms with van der Waals surface area (Å²) in [4.78, 5) is 12.4. The van der Waals surface area contributed by atoms with Crippen LogP contribution in [0.15, 0.2) is 12.1 Å². The van der Waals surface area contributed by atoms with Crippen LogP contribution < -0.4 is 5.32 Å². The molecule has 0 saturated heterocycles. The molecule has 118 valence electrons. The van der Waals surface area contributed by atoms with E-state index in [2.05, 4.69) is 18.3 Å². The van der Waals surface area contributed by atoms with Gasteiger partial charge in [-0.1, -0.05) is 13.0 Å². The minimum atomic E-state index is -0.0541. The summed E-state index contributed by atoms with van der Waals surface area (Å²) in [6.45, 7) is 2.22. The molecular weight excluding hydrogens is 274 g/mol. The number of anilines is 1. The molecule has 3 aliphatic carbocycles. The topological polar surface area (TPSA) is 49.3 Å². The zero-order valence-electron chi connectivity index (χ0n) is 13.5. The second kappa shape index (κ2) is 4.74. The highest BCUT2D eigenvalue weighted by atomic mass is 16.3. The Bertz CT molecular complexity index is 639. The van der Waals surface area contributed by atoms with Gasteiger partial charge < -0.3 is 10.4 Å². The van der Waals surface area contributed by atoms with Crippen molar-refractivity contribution in [1.29, 1.82) is 0 Å². The molecule has 2 N–H and O–H groups in total. The molecule has 2 fully saturated rings. The molecule has 0 bridgehead atoms. The Morgan fingerprint density at radius 2 is 2.05 bits per heavy atom. The lowest BCUT2D eigenvalue weighted by molar-refractivity contribution is -0.129. The third-order valence-corrected chi connectivity index (χ3v) is 6.85. The third kappa shape index (κ3) is 1.71. The molecule has 0 heterocycles. The minimum absolute atomic E-state index is 0.0541. The first-order valence-corrected chi connectivity index (χ1v) is 8.62. The van der Waals surface area contributed by atoms with Gasteiger partial charge in [-0.15, -0.1) is 0 Å². The van der Waals surface area contributed by atoms with Gasteiger partial charge in [-0.3, -0.25) is 4.79 Å². The Kier molecular flexibility index (Phi) is 3.04. The van der Waals surface area contributed by atoms with Crippen molar-refractivity contribution < 1.29 is 9.90 Å². The van der Waals surface area contributed by atoms with Gasteiger partial charge in [0.1, 0.15) is 11.5 Å². The predicted octanol–water partition coefficient (Wildman–Crippen LogP) is 3.86. The second-order valence-electron chi connectivity index (χ2n) is 7.61. The molecule has 0 amide bonds. The van der Waals surface area contributed by atoms with Crippen molar-refractivity contribution in [3.8, 4) is 5.75 Å². The van der Waals surface area contributed by atoms with E-state index in [0.717, 1.165) is 44.2 Å². The number of carbonyl (C=O) groups excluding carboxylic acids is 1. The van der Waals surface area contributed by atoms with Crippen molar-refractivity contribution in [3.63, 3.8) is 0 Å². The van der Waals surface area contributed by atoms with Crippen molar-refractivity contribution >= 4 is 11.5 Å². The fraction of sp³-hybridized carbons (Fsp3) is 0.632. The zero-order chi connectivity index (χ0) is 15.5. The zero-order valence-corrected chi connectivity index (χ0v) is 13.5. The van der Waals surface area contributed by atoms with Gasteiger partial charge in [-0.25, -0.2) is 0 Å². The van der Waals surface area contributed by atoms with Crippen LogP contribution in [0.4, 0.5) is 5.69 Å².